The molecule has 0 radical (unpaired) electrons. The smallest absolute Gasteiger partial charge is 0.225 e. The summed E-state index contributed by atoms with van der Waals surface area (Å²) in [5.74, 6) is 3.01. The van der Waals surface area contributed by atoms with Gasteiger partial charge in [-0.25, -0.2) is 0 Å². The Labute approximate surface area is 159 Å². The molecular weight excluding hydrogens is 322 g/mol. The number of carbonyl (C=O) groups excluding carboxylic acids is 1. The van der Waals surface area contributed by atoms with Crippen LogP contribution in [0.25, 0.3) is 0 Å². The molecule has 2 aliphatic rings. The van der Waals surface area contributed by atoms with Gasteiger partial charge < -0.3 is 9.64 Å². The summed E-state index contributed by atoms with van der Waals surface area (Å²) in [6.45, 7) is 3.07. The van der Waals surface area contributed by atoms with Crippen LogP contribution in [0.1, 0.15) is 74.8 Å². The lowest BCUT2D eigenvalue weighted by molar-refractivity contribution is -0.135. The van der Waals surface area contributed by atoms with Crippen molar-refractivity contribution in [2.45, 2.75) is 70.6 Å². The first-order valence-electron chi connectivity index (χ1n) is 10.5. The van der Waals surface area contributed by atoms with E-state index >= 15 is 0 Å². The first-order chi connectivity index (χ1) is 12.6. The van der Waals surface area contributed by atoms with Crippen LogP contribution in [0.5, 0.6) is 5.75 Å². The van der Waals surface area contributed by atoms with Gasteiger partial charge in [0.25, 0.3) is 0 Å². The van der Waals surface area contributed by atoms with E-state index in [1.165, 1.54) is 56.1 Å². The molecule has 2 aliphatic carbocycles. The highest BCUT2D eigenvalue weighted by molar-refractivity contribution is 5.78. The molecule has 0 aromatic heterocycles. The maximum atomic E-state index is 12.7. The van der Waals surface area contributed by atoms with E-state index in [0.29, 0.717) is 23.7 Å². The first-order valence-corrected chi connectivity index (χ1v) is 10.5. The molecule has 1 aromatic rings. The van der Waals surface area contributed by atoms with E-state index < -0.39 is 0 Å². The van der Waals surface area contributed by atoms with Crippen LogP contribution in [0.3, 0.4) is 0 Å². The van der Waals surface area contributed by atoms with Crippen molar-refractivity contribution in [3.05, 3.63) is 29.3 Å². The van der Waals surface area contributed by atoms with Gasteiger partial charge in [-0.2, -0.15) is 0 Å². The average molecular weight is 358 g/mol. The zero-order valence-electron chi connectivity index (χ0n) is 16.8. The fraction of sp³-hybridized carbons (Fsp3) is 0.696. The van der Waals surface area contributed by atoms with Crippen LogP contribution < -0.4 is 4.74 Å². The minimum absolute atomic E-state index is 0.298. The summed E-state index contributed by atoms with van der Waals surface area (Å²) in [6, 6.07) is 6.63. The second kappa shape index (κ2) is 8.92. The number of hydrogen-bond donors (Lipinski definition) is 0. The van der Waals surface area contributed by atoms with Gasteiger partial charge in [0.15, 0.2) is 0 Å². The van der Waals surface area contributed by atoms with Gasteiger partial charge in [-0.1, -0.05) is 31.4 Å². The Morgan fingerprint density at radius 2 is 1.77 bits per heavy atom. The number of aryl methyl sites for hydroxylation is 1. The first kappa shape index (κ1) is 19.3. The third-order valence-electron chi connectivity index (χ3n) is 6.60. The third-order valence-corrected chi connectivity index (χ3v) is 6.60. The predicted octanol–water partition coefficient (Wildman–Crippen LogP) is 5.32. The maximum absolute atomic E-state index is 12.7. The lowest BCUT2D eigenvalue weighted by atomic mass is 9.78. The summed E-state index contributed by atoms with van der Waals surface area (Å²) in [5, 5.41) is 0. The van der Waals surface area contributed by atoms with Crippen molar-refractivity contribution in [2.75, 3.05) is 20.7 Å². The number of rotatable bonds is 5. The molecule has 0 saturated heterocycles. The van der Waals surface area contributed by atoms with E-state index in [1.807, 2.05) is 11.9 Å². The summed E-state index contributed by atoms with van der Waals surface area (Å²) < 4.78 is 5.38. The average Bonchev–Trinajstić information content (AvgIpc) is 2.68. The molecule has 3 nitrogen and oxygen atoms in total. The van der Waals surface area contributed by atoms with Crippen molar-refractivity contribution in [3.63, 3.8) is 0 Å². The number of ether oxygens (including phenoxy) is 1. The zero-order valence-corrected chi connectivity index (χ0v) is 16.8. The highest BCUT2D eigenvalue weighted by atomic mass is 16.5. The minimum Gasteiger partial charge on any atom is -0.496 e. The van der Waals surface area contributed by atoms with Crippen molar-refractivity contribution < 1.29 is 9.53 Å². The number of nitrogens with zero attached hydrogens (tertiary/aromatic N) is 1. The second-order valence-corrected chi connectivity index (χ2v) is 8.50. The highest BCUT2D eigenvalue weighted by Gasteiger charge is 2.28. The number of amides is 1. The van der Waals surface area contributed by atoms with Crippen LogP contribution in [-0.2, 0) is 4.79 Å². The lowest BCUT2D eigenvalue weighted by Crippen LogP contribution is -2.38. The number of methoxy groups -OCH3 is 1. The third kappa shape index (κ3) is 4.61. The molecule has 1 aromatic carbocycles. The minimum atomic E-state index is 0.298. The molecule has 0 spiro atoms. The van der Waals surface area contributed by atoms with Crippen LogP contribution in [0, 0.1) is 18.8 Å². The van der Waals surface area contributed by atoms with Gasteiger partial charge >= 0.3 is 0 Å². The van der Waals surface area contributed by atoms with Crippen LogP contribution in [0.4, 0.5) is 0 Å². The second-order valence-electron chi connectivity index (χ2n) is 8.50. The molecule has 3 heteroatoms. The molecule has 26 heavy (non-hydrogen) atoms. The molecule has 0 heterocycles. The van der Waals surface area contributed by atoms with Crippen molar-refractivity contribution >= 4 is 5.91 Å². The quantitative estimate of drug-likeness (QED) is 0.714. The van der Waals surface area contributed by atoms with Gasteiger partial charge in [-0.15, -0.1) is 0 Å². The molecular formula is C23H35NO2. The Morgan fingerprint density at radius 1 is 1.08 bits per heavy atom. The van der Waals surface area contributed by atoms with Crippen LogP contribution in [-0.4, -0.2) is 31.5 Å². The molecule has 3 rings (SSSR count). The Hall–Kier alpha value is -1.51. The molecule has 0 N–H and O–H groups in total. The number of benzene rings is 1. The summed E-state index contributed by atoms with van der Waals surface area (Å²) in [7, 11) is 3.76. The van der Waals surface area contributed by atoms with E-state index in [0.717, 1.165) is 25.1 Å². The molecule has 0 aliphatic heterocycles. The van der Waals surface area contributed by atoms with Gasteiger partial charge in [0.2, 0.25) is 5.91 Å². The van der Waals surface area contributed by atoms with E-state index in [1.54, 1.807) is 7.11 Å². The number of hydrogen-bond acceptors (Lipinski definition) is 2. The Morgan fingerprint density at radius 3 is 2.38 bits per heavy atom. The summed E-state index contributed by atoms with van der Waals surface area (Å²) >= 11 is 0. The number of carbonyl (C=O) groups is 1. The topological polar surface area (TPSA) is 29.5 Å². The van der Waals surface area contributed by atoms with Crippen molar-refractivity contribution in [1.82, 2.24) is 4.90 Å². The fourth-order valence-electron chi connectivity index (χ4n) is 4.97. The standard InChI is InChI=1S/C23H35NO2/c1-17-15-21(13-14-22(17)26-3)19-11-9-18(10-12-19)16-24(2)23(25)20-7-5-4-6-8-20/h13-15,18-20H,4-12,16H2,1-3H3. The predicted molar refractivity (Wildman–Crippen MR) is 107 cm³/mol. The Kier molecular flexibility index (Phi) is 6.61. The van der Waals surface area contributed by atoms with Crippen molar-refractivity contribution in [2.24, 2.45) is 11.8 Å². The molecule has 2 saturated carbocycles. The van der Waals surface area contributed by atoms with Crippen LogP contribution >= 0.6 is 0 Å². The van der Waals surface area contributed by atoms with Gasteiger partial charge in [-0.3, -0.25) is 4.79 Å². The molecule has 1 amide bonds. The molecule has 0 unspecified atom stereocenters. The van der Waals surface area contributed by atoms with Gasteiger partial charge in [-0.05, 0) is 74.5 Å². The van der Waals surface area contributed by atoms with Gasteiger partial charge in [0.1, 0.15) is 5.75 Å². The van der Waals surface area contributed by atoms with E-state index in [2.05, 4.69) is 25.1 Å². The van der Waals surface area contributed by atoms with Crippen LogP contribution in [0.2, 0.25) is 0 Å². The lowest BCUT2D eigenvalue weighted by Gasteiger charge is -2.33. The van der Waals surface area contributed by atoms with Crippen molar-refractivity contribution in [3.8, 4) is 5.75 Å². The van der Waals surface area contributed by atoms with E-state index in [-0.39, 0.29) is 0 Å². The van der Waals surface area contributed by atoms with Crippen LogP contribution in [0.15, 0.2) is 18.2 Å². The largest absolute Gasteiger partial charge is 0.496 e. The summed E-state index contributed by atoms with van der Waals surface area (Å²) in [6.07, 6.45) is 10.9. The molecule has 0 bridgehead atoms. The fourth-order valence-corrected chi connectivity index (χ4v) is 4.97. The summed E-state index contributed by atoms with van der Waals surface area (Å²) in [5.41, 5.74) is 2.68. The highest BCUT2D eigenvalue weighted by Crippen LogP contribution is 2.37. The SMILES string of the molecule is COc1ccc(C2CCC(CN(C)C(=O)C3CCCCC3)CC2)cc1C. The Balaban J connectivity index is 1.48. The van der Waals surface area contributed by atoms with Gasteiger partial charge in [0, 0.05) is 19.5 Å². The normalized spacial score (nSPS) is 24.3. The Bertz CT molecular complexity index is 598. The molecule has 0 atom stereocenters. The monoisotopic (exact) mass is 357 g/mol. The summed E-state index contributed by atoms with van der Waals surface area (Å²) in [4.78, 5) is 14.7. The zero-order chi connectivity index (χ0) is 18.5. The van der Waals surface area contributed by atoms with E-state index in [4.69, 9.17) is 4.74 Å². The molecule has 144 valence electrons. The maximum Gasteiger partial charge on any atom is 0.225 e. The van der Waals surface area contributed by atoms with Gasteiger partial charge in [0.05, 0.1) is 7.11 Å². The van der Waals surface area contributed by atoms with E-state index in [9.17, 15) is 4.79 Å². The molecule has 2 fully saturated rings. The van der Waals surface area contributed by atoms with Crippen molar-refractivity contribution in [1.29, 1.82) is 0 Å².